The monoisotopic (exact) mass is 687 g/mol. The summed E-state index contributed by atoms with van der Waals surface area (Å²) in [5.41, 5.74) is -2.55. The molecule has 1 aromatic carbocycles. The average molecular weight is 688 g/mol. The Morgan fingerprint density at radius 3 is 2.39 bits per heavy atom. The van der Waals surface area contributed by atoms with Gasteiger partial charge in [0, 0.05) is 43.0 Å². The van der Waals surface area contributed by atoms with Crippen LogP contribution in [0.5, 0.6) is 5.75 Å². The minimum Gasteiger partial charge on any atom is -0.540 e. The SMILES string of the molecule is CC1CCN(C(=O)[C@@H](NC(=O)O)C(C)(C)C)C1[C-]=O.COc1ccc2c(F)c(C(F)(F)CCCCC3CCCC3)c(=O)[nH]c2c1.[V]. The summed E-state index contributed by atoms with van der Waals surface area (Å²) in [4.78, 5) is 50.2. The summed E-state index contributed by atoms with van der Waals surface area (Å²) in [5.74, 6) is -3.87. The zero-order valence-corrected chi connectivity index (χ0v) is 28.5. The molecule has 3 N–H and O–H groups in total. The zero-order chi connectivity index (χ0) is 33.5. The van der Waals surface area contributed by atoms with E-state index in [9.17, 15) is 32.3 Å². The van der Waals surface area contributed by atoms with Gasteiger partial charge in [0.25, 0.3) is 11.5 Å². The molecule has 0 bridgehead atoms. The molecule has 2 amide bonds. The number of hydrogen-bond acceptors (Lipinski definition) is 5. The number of benzene rings is 1. The number of nitrogens with one attached hydrogen (secondary N) is 2. The predicted molar refractivity (Wildman–Crippen MR) is 165 cm³/mol. The number of methoxy groups -OCH3 is 1. The normalized spacial score (nSPS) is 19.2. The van der Waals surface area contributed by atoms with E-state index in [0.717, 1.165) is 12.8 Å². The summed E-state index contributed by atoms with van der Waals surface area (Å²) in [7, 11) is 1.43. The van der Waals surface area contributed by atoms with E-state index in [0.29, 0.717) is 24.6 Å². The van der Waals surface area contributed by atoms with Crippen molar-refractivity contribution in [3.8, 4) is 5.75 Å². The Balaban J connectivity index is 0.000000330. The van der Waals surface area contributed by atoms with Gasteiger partial charge in [-0.05, 0) is 42.2 Å². The first kappa shape index (κ1) is 39.2. The minimum absolute atomic E-state index is 0. The average Bonchev–Trinajstić information content (AvgIpc) is 3.62. The summed E-state index contributed by atoms with van der Waals surface area (Å²) < 4.78 is 48.8. The first-order valence-electron chi connectivity index (χ1n) is 15.6. The number of halogens is 3. The second kappa shape index (κ2) is 16.7. The van der Waals surface area contributed by atoms with E-state index in [4.69, 9.17) is 9.84 Å². The summed E-state index contributed by atoms with van der Waals surface area (Å²) in [6.07, 6.45) is 7.57. The summed E-state index contributed by atoms with van der Waals surface area (Å²) in [6.45, 7) is 7.70. The van der Waals surface area contributed by atoms with E-state index in [-0.39, 0.29) is 47.7 Å². The number of carbonyl (C=O) groups excluding carboxylic acids is 2. The maximum absolute atomic E-state index is 14.7. The van der Waals surface area contributed by atoms with Crippen LogP contribution in [0.1, 0.15) is 91.0 Å². The molecule has 46 heavy (non-hydrogen) atoms. The Hall–Kier alpha value is -2.99. The second-order valence-electron chi connectivity index (χ2n) is 13.3. The van der Waals surface area contributed by atoms with Gasteiger partial charge in [-0.3, -0.25) is 9.59 Å². The van der Waals surface area contributed by atoms with Crippen LogP contribution in [0.15, 0.2) is 23.0 Å². The van der Waals surface area contributed by atoms with Crippen LogP contribution in [0.25, 0.3) is 10.9 Å². The number of aromatic nitrogens is 1. The number of pyridine rings is 1. The molecule has 1 aromatic heterocycles. The minimum atomic E-state index is -3.48. The molecule has 9 nitrogen and oxygen atoms in total. The first-order chi connectivity index (χ1) is 21.1. The predicted octanol–water partition coefficient (Wildman–Crippen LogP) is 6.53. The molecule has 255 valence electrons. The quantitative estimate of drug-likeness (QED) is 0.193. The van der Waals surface area contributed by atoms with Gasteiger partial charge in [-0.2, -0.15) is 0 Å². The van der Waals surface area contributed by atoms with E-state index in [2.05, 4.69) is 10.3 Å². The van der Waals surface area contributed by atoms with Gasteiger partial charge in [-0.25, -0.2) is 24.3 Å². The number of ether oxygens (including phenoxy) is 1. The van der Waals surface area contributed by atoms with Crippen LogP contribution >= 0.6 is 0 Å². The third kappa shape index (κ3) is 9.76. The Labute approximate surface area is 279 Å². The number of likely N-dealkylation sites (tertiary alicyclic amines) is 1. The van der Waals surface area contributed by atoms with Crippen LogP contribution in [-0.4, -0.2) is 59.0 Å². The molecule has 1 radical (unpaired) electrons. The zero-order valence-electron chi connectivity index (χ0n) is 27.1. The molecule has 0 spiro atoms. The Morgan fingerprint density at radius 2 is 1.83 bits per heavy atom. The van der Waals surface area contributed by atoms with Crippen molar-refractivity contribution in [3.05, 3.63) is 39.9 Å². The van der Waals surface area contributed by atoms with Gasteiger partial charge in [0.1, 0.15) is 23.2 Å². The molecule has 2 fully saturated rings. The third-order valence-electron chi connectivity index (χ3n) is 8.84. The molecule has 2 heterocycles. The van der Waals surface area contributed by atoms with Crippen molar-refractivity contribution in [2.75, 3.05) is 13.7 Å². The van der Waals surface area contributed by atoms with E-state index in [1.54, 1.807) is 20.8 Å². The van der Waals surface area contributed by atoms with Crippen LogP contribution in [0.3, 0.4) is 0 Å². The van der Waals surface area contributed by atoms with Crippen LogP contribution in [0.4, 0.5) is 18.0 Å². The molecule has 1 aliphatic heterocycles. The van der Waals surface area contributed by atoms with Crippen molar-refractivity contribution in [2.45, 2.75) is 103 Å². The van der Waals surface area contributed by atoms with E-state index < -0.39 is 52.9 Å². The molecule has 3 atom stereocenters. The molecule has 13 heteroatoms. The van der Waals surface area contributed by atoms with Gasteiger partial charge in [-0.15, -0.1) is 0 Å². The van der Waals surface area contributed by atoms with Crippen molar-refractivity contribution < 1.29 is 56.0 Å². The van der Waals surface area contributed by atoms with Crippen LogP contribution in [0.2, 0.25) is 0 Å². The molecule has 1 aliphatic carbocycles. The smallest absolute Gasteiger partial charge is 0.405 e. The van der Waals surface area contributed by atoms with Gasteiger partial charge in [0.05, 0.1) is 12.6 Å². The van der Waals surface area contributed by atoms with Gasteiger partial charge < -0.3 is 29.8 Å². The van der Waals surface area contributed by atoms with Gasteiger partial charge in [0.15, 0.2) is 0 Å². The molecular weight excluding hydrogens is 642 g/mol. The summed E-state index contributed by atoms with van der Waals surface area (Å²) >= 11 is 0. The number of nitrogens with zero attached hydrogens (tertiary/aromatic N) is 1. The van der Waals surface area contributed by atoms with Crippen molar-refractivity contribution in [3.63, 3.8) is 0 Å². The maximum atomic E-state index is 14.7. The fourth-order valence-corrected chi connectivity index (χ4v) is 6.21. The fourth-order valence-electron chi connectivity index (χ4n) is 6.21. The maximum Gasteiger partial charge on any atom is 0.405 e. The summed E-state index contributed by atoms with van der Waals surface area (Å²) in [5, 5.41) is 11.1. The van der Waals surface area contributed by atoms with Gasteiger partial charge in [-0.1, -0.05) is 72.3 Å². The molecule has 2 aliphatic rings. The van der Waals surface area contributed by atoms with Crippen molar-refractivity contribution in [1.29, 1.82) is 0 Å². The number of carbonyl (C=O) groups is 2. The standard InChI is InChI=1S/C20H24F3NO2.C13H21N2O4.V/c1-26-14-9-10-15-16(12-14)24-19(25)17(18(15)21)20(22,23)11-5-4-8-13-6-2-3-7-13;1-8-5-6-15(9(8)7-16)11(17)10(13(2,3)4)14-12(18)19;/h9-10,12-13H,2-8,11H2,1H3,(H,24,25);8-10,14H,5-6H2,1-4H3,(H,18,19);/q;-1;/t;8?,9?,10-;/m.1./s1. The number of fused-ring (bicyclic) bond motifs is 1. The van der Waals surface area contributed by atoms with Crippen LogP contribution < -0.4 is 15.6 Å². The number of alkyl halides is 2. The Morgan fingerprint density at radius 1 is 1.17 bits per heavy atom. The van der Waals surface area contributed by atoms with Crippen LogP contribution in [-0.2, 0) is 34.1 Å². The van der Waals surface area contributed by atoms with Crippen molar-refractivity contribution in [1.82, 2.24) is 15.2 Å². The number of amides is 2. The van der Waals surface area contributed by atoms with E-state index in [1.165, 1.54) is 55.9 Å². The number of carboxylic acid groups (broad SMARTS) is 1. The van der Waals surface area contributed by atoms with E-state index in [1.807, 2.05) is 13.2 Å². The van der Waals surface area contributed by atoms with Gasteiger partial charge >= 0.3 is 6.09 Å². The molecule has 2 aromatic rings. The molecule has 1 saturated carbocycles. The Kier molecular flexibility index (Phi) is 14.2. The number of aromatic amines is 1. The summed E-state index contributed by atoms with van der Waals surface area (Å²) in [6, 6.07) is 2.80. The first-order valence-corrected chi connectivity index (χ1v) is 15.6. The van der Waals surface area contributed by atoms with Gasteiger partial charge in [0.2, 0.25) is 5.91 Å². The Bertz CT molecular complexity index is 1410. The molecular formula is C33H45F3N3O6V-. The third-order valence-corrected chi connectivity index (χ3v) is 8.84. The largest absolute Gasteiger partial charge is 0.540 e. The number of unbranched alkanes of at least 4 members (excludes halogenated alkanes) is 1. The number of hydrogen-bond donors (Lipinski definition) is 3. The topological polar surface area (TPSA) is 129 Å². The second-order valence-corrected chi connectivity index (χ2v) is 13.3. The van der Waals surface area contributed by atoms with Crippen molar-refractivity contribution >= 4 is 29.2 Å². The van der Waals surface area contributed by atoms with Crippen LogP contribution in [0, 0.1) is 23.1 Å². The van der Waals surface area contributed by atoms with Crippen molar-refractivity contribution in [2.24, 2.45) is 17.3 Å². The number of H-pyrrole nitrogens is 1. The molecule has 4 rings (SSSR count). The molecule has 2 unspecified atom stereocenters. The van der Waals surface area contributed by atoms with E-state index >= 15 is 0 Å². The molecule has 1 saturated heterocycles. The fraction of sp³-hybridized carbons (Fsp3) is 0.636. The number of rotatable bonds is 10.